The summed E-state index contributed by atoms with van der Waals surface area (Å²) in [5, 5.41) is 4.57. The molecule has 0 aliphatic carbocycles. The maximum absolute atomic E-state index is 5.81. The fourth-order valence-electron chi connectivity index (χ4n) is 1.27. The first kappa shape index (κ1) is 10.5. The van der Waals surface area contributed by atoms with Gasteiger partial charge in [-0.1, -0.05) is 39.7 Å². The van der Waals surface area contributed by atoms with Gasteiger partial charge in [0, 0.05) is 10.7 Å². The Morgan fingerprint density at radius 2 is 2.00 bits per heavy atom. The lowest BCUT2D eigenvalue weighted by Crippen LogP contribution is -2.00. The summed E-state index contributed by atoms with van der Waals surface area (Å²) in [6.45, 7) is 0.671. The molecule has 0 aliphatic heterocycles. The number of halogens is 2. The number of aromatic nitrogens is 2. The molecule has 0 fully saturated rings. The molecule has 5 heteroatoms. The third-order valence-electron chi connectivity index (χ3n) is 2.00. The van der Waals surface area contributed by atoms with Gasteiger partial charge in [0.25, 0.3) is 0 Å². The fourth-order valence-corrected chi connectivity index (χ4v) is 1.68. The molecule has 15 heavy (non-hydrogen) atoms. The number of nitrogens with zero attached hydrogens (tertiary/aromatic N) is 2. The first-order chi connectivity index (χ1) is 7.15. The van der Waals surface area contributed by atoms with Gasteiger partial charge in [-0.15, -0.1) is 0 Å². The van der Waals surface area contributed by atoms with Crippen LogP contribution < -0.4 is 5.73 Å². The van der Waals surface area contributed by atoms with Crippen LogP contribution in [0.2, 0.25) is 5.02 Å². The summed E-state index contributed by atoms with van der Waals surface area (Å²) in [4.78, 5) is 0. The Kier molecular flexibility index (Phi) is 2.98. The van der Waals surface area contributed by atoms with Gasteiger partial charge >= 0.3 is 0 Å². The van der Waals surface area contributed by atoms with Crippen LogP contribution in [0.1, 0.15) is 5.56 Å². The lowest BCUT2D eigenvalue weighted by Gasteiger charge is -2.01. The predicted molar refractivity (Wildman–Crippen MR) is 64.9 cm³/mol. The van der Waals surface area contributed by atoms with Gasteiger partial charge in [-0.05, 0) is 17.7 Å². The number of anilines is 1. The number of nitrogens with two attached hydrogens (primary N) is 1. The molecular weight excluding hydrogens is 277 g/mol. The van der Waals surface area contributed by atoms with E-state index in [1.165, 1.54) is 0 Å². The summed E-state index contributed by atoms with van der Waals surface area (Å²) in [6.07, 6.45) is 1.72. The molecule has 78 valence electrons. The molecule has 0 amide bonds. The molecule has 0 saturated carbocycles. The summed E-state index contributed by atoms with van der Waals surface area (Å²) < 4.78 is 2.78. The molecule has 2 rings (SSSR count). The second-order valence-electron chi connectivity index (χ2n) is 3.19. The molecule has 0 spiro atoms. The molecule has 0 atom stereocenters. The maximum atomic E-state index is 5.81. The number of rotatable bonds is 2. The van der Waals surface area contributed by atoms with E-state index in [2.05, 4.69) is 21.0 Å². The van der Waals surface area contributed by atoms with Crippen LogP contribution in [-0.2, 0) is 6.54 Å². The van der Waals surface area contributed by atoms with E-state index in [0.717, 1.165) is 10.0 Å². The number of hydrogen-bond donors (Lipinski definition) is 1. The average Bonchev–Trinajstić information content (AvgIpc) is 2.50. The van der Waals surface area contributed by atoms with Gasteiger partial charge < -0.3 is 5.73 Å². The van der Waals surface area contributed by atoms with E-state index in [-0.39, 0.29) is 0 Å². The number of nitrogen functional groups attached to an aromatic ring is 1. The van der Waals surface area contributed by atoms with Gasteiger partial charge in [-0.2, -0.15) is 5.10 Å². The monoisotopic (exact) mass is 285 g/mol. The van der Waals surface area contributed by atoms with E-state index < -0.39 is 0 Å². The Hall–Kier alpha value is -1.00. The van der Waals surface area contributed by atoms with Gasteiger partial charge in [0.2, 0.25) is 0 Å². The molecule has 3 nitrogen and oxygen atoms in total. The van der Waals surface area contributed by atoms with Crippen molar-refractivity contribution >= 4 is 33.3 Å². The highest BCUT2D eigenvalue weighted by molar-refractivity contribution is 9.10. The maximum Gasteiger partial charge on any atom is 0.164 e. The van der Waals surface area contributed by atoms with Crippen LogP contribution in [0.5, 0.6) is 0 Å². The van der Waals surface area contributed by atoms with Crippen LogP contribution in [-0.4, -0.2) is 9.78 Å². The summed E-state index contributed by atoms with van der Waals surface area (Å²) in [6, 6.07) is 8.03. The molecule has 2 aromatic rings. The van der Waals surface area contributed by atoms with E-state index in [4.69, 9.17) is 17.3 Å². The Balaban J connectivity index is 2.18. The molecule has 1 aromatic heterocycles. The largest absolute Gasteiger partial charge is 0.381 e. The average molecular weight is 287 g/mol. The van der Waals surface area contributed by atoms with Crippen molar-refractivity contribution in [3.8, 4) is 0 Å². The van der Waals surface area contributed by atoms with E-state index in [0.29, 0.717) is 17.4 Å². The second-order valence-corrected chi connectivity index (χ2v) is 4.51. The molecule has 2 N–H and O–H groups in total. The number of hydrogen-bond acceptors (Lipinski definition) is 2. The fraction of sp³-hybridized carbons (Fsp3) is 0.100. The van der Waals surface area contributed by atoms with Gasteiger partial charge in [0.05, 0.1) is 6.54 Å². The molecule has 1 aromatic carbocycles. The molecule has 1 heterocycles. The van der Waals surface area contributed by atoms with Crippen LogP contribution in [0, 0.1) is 0 Å². The highest BCUT2D eigenvalue weighted by Crippen LogP contribution is 2.17. The molecule has 0 saturated heterocycles. The molecular formula is C10H9BrClN3. The van der Waals surface area contributed by atoms with Gasteiger partial charge in [-0.25, -0.2) is 0 Å². The minimum atomic E-state index is 0.369. The minimum absolute atomic E-state index is 0.369. The zero-order valence-electron chi connectivity index (χ0n) is 7.82. The van der Waals surface area contributed by atoms with Crippen LogP contribution in [0.3, 0.4) is 0 Å². The van der Waals surface area contributed by atoms with Gasteiger partial charge in [-0.3, -0.25) is 4.68 Å². The third-order valence-corrected chi connectivity index (χ3v) is 2.82. The van der Waals surface area contributed by atoms with Crippen molar-refractivity contribution in [3.63, 3.8) is 0 Å². The van der Waals surface area contributed by atoms with Crippen molar-refractivity contribution in [2.45, 2.75) is 6.54 Å². The van der Waals surface area contributed by atoms with E-state index in [1.54, 1.807) is 10.9 Å². The van der Waals surface area contributed by atoms with E-state index in [1.807, 2.05) is 24.3 Å². The number of benzene rings is 1. The van der Waals surface area contributed by atoms with Crippen LogP contribution in [0.25, 0.3) is 0 Å². The Bertz CT molecular complexity index is 445. The van der Waals surface area contributed by atoms with Crippen LogP contribution in [0.15, 0.2) is 34.9 Å². The predicted octanol–water partition coefficient (Wildman–Crippen LogP) is 2.93. The molecule has 0 unspecified atom stereocenters. The quantitative estimate of drug-likeness (QED) is 0.922. The van der Waals surface area contributed by atoms with Crippen molar-refractivity contribution < 1.29 is 0 Å². The molecule has 0 bridgehead atoms. The summed E-state index contributed by atoms with van der Waals surface area (Å²) in [5.41, 5.74) is 6.70. The standard InChI is InChI=1S/C10H9BrClN3/c11-8-3-1-7(2-4-8)5-15-6-9(12)10(13)14-15/h1-4,6H,5H2,(H2,13,14). The van der Waals surface area contributed by atoms with Crippen LogP contribution >= 0.6 is 27.5 Å². The van der Waals surface area contributed by atoms with Crippen molar-refractivity contribution in [2.75, 3.05) is 5.73 Å². The lowest BCUT2D eigenvalue weighted by atomic mass is 10.2. The van der Waals surface area contributed by atoms with Crippen LogP contribution in [0.4, 0.5) is 5.82 Å². The highest BCUT2D eigenvalue weighted by Gasteiger charge is 2.02. The second kappa shape index (κ2) is 4.24. The van der Waals surface area contributed by atoms with Gasteiger partial charge in [0.1, 0.15) is 5.02 Å². The van der Waals surface area contributed by atoms with Crippen molar-refractivity contribution in [1.82, 2.24) is 9.78 Å². The van der Waals surface area contributed by atoms with E-state index in [9.17, 15) is 0 Å². The van der Waals surface area contributed by atoms with Gasteiger partial charge in [0.15, 0.2) is 5.82 Å². The SMILES string of the molecule is Nc1nn(Cc2ccc(Br)cc2)cc1Cl. The van der Waals surface area contributed by atoms with Crippen molar-refractivity contribution in [3.05, 3.63) is 45.5 Å². The smallest absolute Gasteiger partial charge is 0.164 e. The minimum Gasteiger partial charge on any atom is -0.381 e. The summed E-state index contributed by atoms with van der Waals surface area (Å²) in [7, 11) is 0. The highest BCUT2D eigenvalue weighted by atomic mass is 79.9. The summed E-state index contributed by atoms with van der Waals surface area (Å²) >= 11 is 9.19. The Labute approximate surface area is 101 Å². The lowest BCUT2D eigenvalue weighted by molar-refractivity contribution is 0.690. The van der Waals surface area contributed by atoms with E-state index >= 15 is 0 Å². The third kappa shape index (κ3) is 2.52. The van der Waals surface area contributed by atoms with Crippen molar-refractivity contribution in [1.29, 1.82) is 0 Å². The molecule has 0 aliphatic rings. The molecule has 0 radical (unpaired) electrons. The first-order valence-electron chi connectivity index (χ1n) is 4.38. The summed E-state index contributed by atoms with van der Waals surface area (Å²) in [5.74, 6) is 0.369. The topological polar surface area (TPSA) is 43.8 Å². The Morgan fingerprint density at radius 3 is 2.53 bits per heavy atom. The zero-order chi connectivity index (χ0) is 10.8. The van der Waals surface area contributed by atoms with Crippen molar-refractivity contribution in [2.24, 2.45) is 0 Å². The first-order valence-corrected chi connectivity index (χ1v) is 5.55. The zero-order valence-corrected chi connectivity index (χ0v) is 10.2. The Morgan fingerprint density at radius 1 is 1.33 bits per heavy atom. The normalized spacial score (nSPS) is 10.5.